The predicted molar refractivity (Wildman–Crippen MR) is 186 cm³/mol. The Kier molecular flexibility index (Phi) is 12.5. The Hall–Kier alpha value is -4.11. The highest BCUT2D eigenvalue weighted by molar-refractivity contribution is 7.89. The largest absolute Gasteiger partial charge is 0.411 e. The lowest BCUT2D eigenvalue weighted by Gasteiger charge is -2.32. The summed E-state index contributed by atoms with van der Waals surface area (Å²) in [7, 11) is -4.06. The van der Waals surface area contributed by atoms with Crippen molar-refractivity contribution in [2.24, 2.45) is 17.0 Å². The lowest BCUT2D eigenvalue weighted by molar-refractivity contribution is -0.127. The maximum absolute atomic E-state index is 14.0. The van der Waals surface area contributed by atoms with Crippen LogP contribution in [0.1, 0.15) is 55.6 Å². The summed E-state index contributed by atoms with van der Waals surface area (Å²) in [6, 6.07) is 13.4. The standard InChI is InChI=1S/C34H44N6O6S2/c1-23(2)19-39(48(45,46)29-13-11-27(12-14-29)18-35-44)21-31(41)30(17-26-9-7-6-8-10-26)37-33(42)32(24(3)4)40-16-15-38(34(40)43)20-28-22-47-25(5)36-28/h6-16,18,22-24,30-32,41,44H,17,19-21H2,1-5H3,(H,37,42)/t30-,31-,32-/m0/s1. The first-order chi connectivity index (χ1) is 22.8. The molecule has 3 N–H and O–H groups in total. The van der Waals surface area contributed by atoms with Crippen LogP contribution >= 0.6 is 11.3 Å². The van der Waals surface area contributed by atoms with Gasteiger partial charge in [-0.1, -0.05) is 75.3 Å². The van der Waals surface area contributed by atoms with Gasteiger partial charge in [0.25, 0.3) is 0 Å². The van der Waals surface area contributed by atoms with Gasteiger partial charge in [0.05, 0.1) is 40.5 Å². The number of hydrogen-bond acceptors (Lipinski definition) is 9. The molecule has 258 valence electrons. The van der Waals surface area contributed by atoms with Gasteiger partial charge in [0.2, 0.25) is 15.9 Å². The van der Waals surface area contributed by atoms with Crippen molar-refractivity contribution in [3.63, 3.8) is 0 Å². The monoisotopic (exact) mass is 696 g/mol. The quantitative estimate of drug-likeness (QED) is 0.0911. The molecule has 0 aliphatic carbocycles. The van der Waals surface area contributed by atoms with E-state index < -0.39 is 34.1 Å². The van der Waals surface area contributed by atoms with Crippen molar-refractivity contribution in [3.05, 3.63) is 105 Å². The smallest absolute Gasteiger partial charge is 0.329 e. The van der Waals surface area contributed by atoms with Crippen LogP contribution in [-0.4, -0.2) is 74.5 Å². The van der Waals surface area contributed by atoms with Gasteiger partial charge < -0.3 is 15.6 Å². The number of carbonyl (C=O) groups is 1. The molecular formula is C34H44N6O6S2. The van der Waals surface area contributed by atoms with Crippen LogP contribution in [0.4, 0.5) is 0 Å². The van der Waals surface area contributed by atoms with E-state index in [1.54, 1.807) is 12.4 Å². The van der Waals surface area contributed by atoms with E-state index in [1.165, 1.54) is 55.3 Å². The van der Waals surface area contributed by atoms with Gasteiger partial charge in [0.1, 0.15) is 6.04 Å². The van der Waals surface area contributed by atoms with Crippen LogP contribution in [0, 0.1) is 18.8 Å². The van der Waals surface area contributed by atoms with E-state index in [0.717, 1.165) is 16.3 Å². The van der Waals surface area contributed by atoms with E-state index in [1.807, 2.05) is 70.3 Å². The Morgan fingerprint density at radius 2 is 1.75 bits per heavy atom. The Morgan fingerprint density at radius 3 is 2.33 bits per heavy atom. The zero-order chi connectivity index (χ0) is 35.0. The highest BCUT2D eigenvalue weighted by Gasteiger charge is 2.34. The zero-order valence-corrected chi connectivity index (χ0v) is 29.4. The number of aromatic nitrogens is 3. The van der Waals surface area contributed by atoms with Crippen molar-refractivity contribution in [2.75, 3.05) is 13.1 Å². The molecule has 2 heterocycles. The third kappa shape index (κ3) is 9.28. The van der Waals surface area contributed by atoms with Crippen molar-refractivity contribution < 1.29 is 23.5 Å². The van der Waals surface area contributed by atoms with E-state index in [9.17, 15) is 23.1 Å². The maximum atomic E-state index is 14.0. The fourth-order valence-electron chi connectivity index (χ4n) is 5.54. The van der Waals surface area contributed by atoms with Crippen LogP contribution < -0.4 is 11.0 Å². The molecule has 0 unspecified atom stereocenters. The Morgan fingerprint density at radius 1 is 1.06 bits per heavy atom. The number of sulfonamides is 1. The number of nitrogens with one attached hydrogen (secondary N) is 1. The van der Waals surface area contributed by atoms with Crippen LogP contribution in [0.3, 0.4) is 0 Å². The van der Waals surface area contributed by atoms with Gasteiger partial charge in [-0.2, -0.15) is 4.31 Å². The molecule has 14 heteroatoms. The van der Waals surface area contributed by atoms with E-state index in [4.69, 9.17) is 5.21 Å². The molecule has 0 bridgehead atoms. The van der Waals surface area contributed by atoms with E-state index in [0.29, 0.717) is 5.56 Å². The van der Waals surface area contributed by atoms with Crippen LogP contribution in [0.25, 0.3) is 0 Å². The molecule has 3 atom stereocenters. The zero-order valence-electron chi connectivity index (χ0n) is 27.8. The summed E-state index contributed by atoms with van der Waals surface area (Å²) in [4.78, 5) is 31.9. The third-order valence-electron chi connectivity index (χ3n) is 7.85. The van der Waals surface area contributed by atoms with E-state index >= 15 is 0 Å². The number of amides is 1. The molecule has 4 rings (SSSR count). The van der Waals surface area contributed by atoms with Gasteiger partial charge in [-0.15, -0.1) is 11.3 Å². The van der Waals surface area contributed by atoms with Crippen molar-refractivity contribution in [2.45, 2.75) is 70.7 Å². The first-order valence-corrected chi connectivity index (χ1v) is 18.1. The normalized spacial score (nSPS) is 14.2. The average Bonchev–Trinajstić information content (AvgIpc) is 3.61. The number of aliphatic hydroxyl groups is 1. The molecule has 1 amide bonds. The number of benzene rings is 2. The third-order valence-corrected chi connectivity index (χ3v) is 10.5. The van der Waals surface area contributed by atoms with Crippen LogP contribution in [0.5, 0.6) is 0 Å². The Bertz CT molecular complexity index is 1830. The van der Waals surface area contributed by atoms with Crippen LogP contribution in [0.15, 0.2) is 87.2 Å². The molecule has 0 aliphatic rings. The summed E-state index contributed by atoms with van der Waals surface area (Å²) in [6.07, 6.45) is 3.34. The van der Waals surface area contributed by atoms with Gasteiger partial charge in [0.15, 0.2) is 0 Å². The fraction of sp³-hybridized carbons (Fsp3) is 0.412. The van der Waals surface area contributed by atoms with Crippen LogP contribution in [-0.2, 0) is 27.8 Å². The molecule has 2 aromatic carbocycles. The van der Waals surface area contributed by atoms with Crippen molar-refractivity contribution in [3.8, 4) is 0 Å². The molecule has 0 saturated heterocycles. The second-order valence-electron chi connectivity index (χ2n) is 12.6. The minimum absolute atomic E-state index is 0.0191. The average molecular weight is 697 g/mol. The van der Waals surface area contributed by atoms with Crippen molar-refractivity contribution >= 4 is 33.5 Å². The predicted octanol–water partition coefficient (Wildman–Crippen LogP) is 3.90. The summed E-state index contributed by atoms with van der Waals surface area (Å²) in [5, 5.41) is 29.3. The molecule has 0 saturated carbocycles. The summed E-state index contributed by atoms with van der Waals surface area (Å²) in [6.45, 7) is 9.46. The molecule has 0 radical (unpaired) electrons. The first-order valence-electron chi connectivity index (χ1n) is 15.8. The molecule has 2 aromatic heterocycles. The summed E-state index contributed by atoms with van der Waals surface area (Å²) in [5.74, 6) is -0.815. The number of rotatable bonds is 16. The lowest BCUT2D eigenvalue weighted by atomic mass is 9.98. The Labute approximate surface area is 285 Å². The highest BCUT2D eigenvalue weighted by atomic mass is 32.2. The van der Waals surface area contributed by atoms with Gasteiger partial charge in [-0.3, -0.25) is 13.9 Å². The summed E-state index contributed by atoms with van der Waals surface area (Å²) >= 11 is 1.50. The number of nitrogens with zero attached hydrogens (tertiary/aromatic N) is 5. The number of carbonyl (C=O) groups excluding carboxylic acids is 1. The summed E-state index contributed by atoms with van der Waals surface area (Å²) in [5.41, 5.74) is 1.75. The molecule has 48 heavy (non-hydrogen) atoms. The topological polar surface area (TPSA) is 159 Å². The molecule has 0 spiro atoms. The minimum Gasteiger partial charge on any atom is -0.411 e. The number of imidazole rings is 1. The minimum atomic E-state index is -4.06. The fourth-order valence-corrected chi connectivity index (χ4v) is 7.77. The van der Waals surface area contributed by atoms with Crippen LogP contribution in [0.2, 0.25) is 0 Å². The highest BCUT2D eigenvalue weighted by Crippen LogP contribution is 2.22. The molecule has 0 fully saturated rings. The Balaban J connectivity index is 1.62. The molecular weight excluding hydrogens is 653 g/mol. The molecule has 4 aromatic rings. The second-order valence-corrected chi connectivity index (χ2v) is 15.6. The molecule has 0 aliphatic heterocycles. The van der Waals surface area contributed by atoms with Crippen molar-refractivity contribution in [1.29, 1.82) is 0 Å². The number of aryl methyl sites for hydroxylation is 1. The molecule has 12 nitrogen and oxygen atoms in total. The van der Waals surface area contributed by atoms with Gasteiger partial charge in [-0.05, 0) is 48.4 Å². The number of thiazole rings is 1. The lowest BCUT2D eigenvalue weighted by Crippen LogP contribution is -2.53. The van der Waals surface area contributed by atoms with Gasteiger partial charge >= 0.3 is 5.69 Å². The van der Waals surface area contributed by atoms with E-state index in [2.05, 4.69) is 15.5 Å². The second kappa shape index (κ2) is 16.3. The first kappa shape index (κ1) is 36.7. The number of oxime groups is 1. The van der Waals surface area contributed by atoms with Gasteiger partial charge in [-0.25, -0.2) is 18.2 Å². The number of aliphatic hydroxyl groups excluding tert-OH is 1. The van der Waals surface area contributed by atoms with Gasteiger partial charge in [0, 0.05) is 30.9 Å². The van der Waals surface area contributed by atoms with Crippen molar-refractivity contribution in [1.82, 2.24) is 23.7 Å². The summed E-state index contributed by atoms with van der Waals surface area (Å²) < 4.78 is 31.8. The SMILES string of the molecule is Cc1nc(Cn2ccn([C@H](C(=O)N[C@@H](Cc3ccccc3)[C@@H](O)CN(CC(C)C)S(=O)(=O)c3ccc(C=NO)cc3)C(C)C)c2=O)cs1. The maximum Gasteiger partial charge on any atom is 0.329 e. The number of hydrogen-bond donors (Lipinski definition) is 3. The van der Waals surface area contributed by atoms with E-state index in [-0.39, 0.29) is 48.5 Å².